The highest BCUT2D eigenvalue weighted by Crippen LogP contribution is 2.36. The van der Waals surface area contributed by atoms with Crippen LogP contribution in [-0.2, 0) is 9.53 Å². The first-order valence-corrected chi connectivity index (χ1v) is 14.7. The van der Waals surface area contributed by atoms with E-state index in [2.05, 4.69) is 11.6 Å². The Labute approximate surface area is 264 Å². The molecule has 0 aliphatic carbocycles. The van der Waals surface area contributed by atoms with Crippen LogP contribution in [0.25, 0.3) is 6.08 Å². The lowest BCUT2D eigenvalue weighted by atomic mass is 9.96. The van der Waals surface area contributed by atoms with Gasteiger partial charge in [0, 0.05) is 11.6 Å². The van der Waals surface area contributed by atoms with Crippen LogP contribution in [-0.4, -0.2) is 33.6 Å². The molecular weight excluding hydrogens is 616 g/mol. The van der Waals surface area contributed by atoms with Gasteiger partial charge < -0.3 is 14.2 Å². The third-order valence-electron chi connectivity index (χ3n) is 6.86. The van der Waals surface area contributed by atoms with Crippen LogP contribution in [0.2, 0.25) is 0 Å². The summed E-state index contributed by atoms with van der Waals surface area (Å²) in [4.78, 5) is 53.4. The van der Waals surface area contributed by atoms with Crippen molar-refractivity contribution in [1.29, 1.82) is 0 Å². The minimum atomic E-state index is -0.847. The summed E-state index contributed by atoms with van der Waals surface area (Å²) in [6, 6.07) is 15.8. The molecule has 4 aromatic rings. The van der Waals surface area contributed by atoms with Gasteiger partial charge in [-0.1, -0.05) is 54.3 Å². The molecule has 234 valence electrons. The second kappa shape index (κ2) is 13.4. The van der Waals surface area contributed by atoms with Crippen molar-refractivity contribution in [2.45, 2.75) is 19.9 Å². The molecule has 1 aliphatic heterocycles. The summed E-state index contributed by atoms with van der Waals surface area (Å²) in [5.74, 6) is -0.0637. The number of carbonyl (C=O) groups is 1. The largest absolute Gasteiger partial charge is 0.490 e. The van der Waals surface area contributed by atoms with Crippen LogP contribution in [0.5, 0.6) is 17.2 Å². The van der Waals surface area contributed by atoms with E-state index in [1.165, 1.54) is 4.57 Å². The van der Waals surface area contributed by atoms with Crippen LogP contribution in [0, 0.1) is 20.2 Å². The number of nitrogens with zero attached hydrogens (tertiary/aromatic N) is 4. The van der Waals surface area contributed by atoms with Crippen molar-refractivity contribution in [2.24, 2.45) is 4.99 Å². The fourth-order valence-corrected chi connectivity index (χ4v) is 5.85. The SMILES string of the molecule is C=CCOc1ccc([C@@H]2C(C(=O)OCC)=C(C)N=c3s/c(=C/c4ccccc4Oc4ccc([N+](=O)[O-])cc4[N+](=O)[O-])c(=O)n32)cc1. The summed E-state index contributed by atoms with van der Waals surface area (Å²) in [6.07, 6.45) is 3.18. The highest BCUT2D eigenvalue weighted by atomic mass is 32.1. The van der Waals surface area contributed by atoms with E-state index in [-0.39, 0.29) is 28.2 Å². The summed E-state index contributed by atoms with van der Waals surface area (Å²) in [5, 5.41) is 22.8. The van der Waals surface area contributed by atoms with Crippen LogP contribution in [0.15, 0.2) is 100 Å². The third kappa shape index (κ3) is 6.32. The number of hydrogen-bond acceptors (Lipinski definition) is 11. The molecular formula is C32H26N4O9S. The zero-order valence-electron chi connectivity index (χ0n) is 24.6. The highest BCUT2D eigenvalue weighted by molar-refractivity contribution is 7.07. The second-order valence-corrected chi connectivity index (χ2v) is 10.8. The molecule has 0 fully saturated rings. The number of para-hydroxylation sites is 1. The number of thiazole rings is 1. The first-order valence-electron chi connectivity index (χ1n) is 13.9. The van der Waals surface area contributed by atoms with Gasteiger partial charge in [-0.05, 0) is 49.8 Å². The van der Waals surface area contributed by atoms with E-state index >= 15 is 0 Å². The van der Waals surface area contributed by atoms with Crippen molar-refractivity contribution in [3.63, 3.8) is 0 Å². The predicted molar refractivity (Wildman–Crippen MR) is 169 cm³/mol. The van der Waals surface area contributed by atoms with Crippen LogP contribution < -0.4 is 24.4 Å². The van der Waals surface area contributed by atoms with Gasteiger partial charge in [-0.2, -0.15) is 0 Å². The molecule has 0 spiro atoms. The predicted octanol–water partition coefficient (Wildman–Crippen LogP) is 4.97. The molecule has 0 saturated carbocycles. The van der Waals surface area contributed by atoms with Crippen molar-refractivity contribution < 1.29 is 28.9 Å². The molecule has 0 saturated heterocycles. The minimum absolute atomic E-state index is 0.130. The Morgan fingerprint density at radius 3 is 2.48 bits per heavy atom. The Bertz CT molecular complexity index is 2080. The molecule has 1 atom stereocenters. The van der Waals surface area contributed by atoms with Gasteiger partial charge in [-0.3, -0.25) is 29.6 Å². The van der Waals surface area contributed by atoms with Gasteiger partial charge in [0.15, 0.2) is 4.80 Å². The second-order valence-electron chi connectivity index (χ2n) is 9.78. The monoisotopic (exact) mass is 642 g/mol. The zero-order chi connectivity index (χ0) is 33.0. The standard InChI is InChI=1S/C32H26N4O9S/c1-4-16-44-23-13-10-20(11-14-23)29-28(31(38)43-5-2)19(3)33-32-34(29)30(37)27(46-32)17-21-8-6-7-9-25(21)45-26-15-12-22(35(39)40)18-24(26)36(41)42/h4,6-15,17-18,29H,1,5,16H2,2-3H3/b27-17+/t29-/m1/s1. The van der Waals surface area contributed by atoms with E-state index in [0.717, 1.165) is 29.5 Å². The smallest absolute Gasteiger partial charge is 0.338 e. The van der Waals surface area contributed by atoms with Crippen molar-refractivity contribution in [1.82, 2.24) is 4.57 Å². The van der Waals surface area contributed by atoms with E-state index in [1.807, 2.05) is 0 Å². The van der Waals surface area contributed by atoms with Gasteiger partial charge in [0.05, 0.1) is 44.4 Å². The average molecular weight is 643 g/mol. The number of allylic oxidation sites excluding steroid dienone is 1. The van der Waals surface area contributed by atoms with Gasteiger partial charge in [-0.25, -0.2) is 9.79 Å². The Morgan fingerprint density at radius 1 is 1.07 bits per heavy atom. The zero-order valence-corrected chi connectivity index (χ0v) is 25.4. The molecule has 46 heavy (non-hydrogen) atoms. The van der Waals surface area contributed by atoms with Crippen LogP contribution >= 0.6 is 11.3 Å². The van der Waals surface area contributed by atoms with Crippen LogP contribution in [0.3, 0.4) is 0 Å². The molecule has 13 nitrogen and oxygen atoms in total. The number of nitro benzene ring substituents is 2. The molecule has 1 aromatic heterocycles. The number of carbonyl (C=O) groups excluding carboxylic acids is 1. The summed E-state index contributed by atoms with van der Waals surface area (Å²) in [5.41, 5.74) is 0.163. The van der Waals surface area contributed by atoms with Crippen molar-refractivity contribution in [3.8, 4) is 17.2 Å². The normalized spacial score (nSPS) is 14.2. The van der Waals surface area contributed by atoms with Gasteiger partial charge in [0.1, 0.15) is 18.1 Å². The van der Waals surface area contributed by atoms with Crippen molar-refractivity contribution in [2.75, 3.05) is 13.2 Å². The quantitative estimate of drug-likeness (QED) is 0.0950. The first-order chi connectivity index (χ1) is 22.1. The fourth-order valence-electron chi connectivity index (χ4n) is 4.81. The Kier molecular flexibility index (Phi) is 9.18. The third-order valence-corrected chi connectivity index (χ3v) is 7.84. The lowest BCUT2D eigenvalue weighted by Crippen LogP contribution is -2.39. The fraction of sp³-hybridized carbons (Fsp3) is 0.156. The Balaban J connectivity index is 1.62. The summed E-state index contributed by atoms with van der Waals surface area (Å²) < 4.78 is 18.5. The highest BCUT2D eigenvalue weighted by Gasteiger charge is 2.33. The topological polar surface area (TPSA) is 165 Å². The molecule has 14 heteroatoms. The number of fused-ring (bicyclic) bond motifs is 1. The maximum absolute atomic E-state index is 14.0. The maximum atomic E-state index is 14.0. The summed E-state index contributed by atoms with van der Waals surface area (Å²) in [6.45, 7) is 7.45. The summed E-state index contributed by atoms with van der Waals surface area (Å²) in [7, 11) is 0. The first kappa shape index (κ1) is 31.5. The van der Waals surface area contributed by atoms with E-state index < -0.39 is 38.8 Å². The maximum Gasteiger partial charge on any atom is 0.338 e. The number of hydrogen-bond donors (Lipinski definition) is 0. The number of non-ortho nitro benzene ring substituents is 1. The lowest BCUT2D eigenvalue weighted by Gasteiger charge is -2.24. The number of rotatable bonds is 11. The molecule has 0 amide bonds. The molecule has 5 rings (SSSR count). The molecule has 3 aromatic carbocycles. The minimum Gasteiger partial charge on any atom is -0.490 e. The molecule has 2 heterocycles. The number of esters is 1. The molecule has 0 unspecified atom stereocenters. The number of nitro groups is 2. The lowest BCUT2D eigenvalue weighted by molar-refractivity contribution is -0.394. The van der Waals surface area contributed by atoms with Crippen molar-refractivity contribution in [3.05, 3.63) is 142 Å². The summed E-state index contributed by atoms with van der Waals surface area (Å²) >= 11 is 1.10. The van der Waals surface area contributed by atoms with E-state index in [1.54, 1.807) is 74.5 Å². The van der Waals surface area contributed by atoms with Gasteiger partial charge >= 0.3 is 11.7 Å². The van der Waals surface area contributed by atoms with E-state index in [4.69, 9.17) is 14.2 Å². The average Bonchev–Trinajstić information content (AvgIpc) is 3.34. The van der Waals surface area contributed by atoms with Gasteiger partial charge in [0.2, 0.25) is 5.75 Å². The molecule has 0 N–H and O–H groups in total. The van der Waals surface area contributed by atoms with Crippen LogP contribution in [0.1, 0.15) is 31.0 Å². The van der Waals surface area contributed by atoms with E-state index in [0.29, 0.717) is 34.0 Å². The molecule has 1 aliphatic rings. The Morgan fingerprint density at radius 2 is 1.80 bits per heavy atom. The van der Waals surface area contributed by atoms with Crippen molar-refractivity contribution >= 4 is 34.8 Å². The van der Waals surface area contributed by atoms with Gasteiger partial charge in [0.25, 0.3) is 11.2 Å². The Hall–Kier alpha value is -5.89. The van der Waals surface area contributed by atoms with Gasteiger partial charge in [-0.15, -0.1) is 0 Å². The number of benzene rings is 3. The number of ether oxygens (including phenoxy) is 3. The number of aromatic nitrogens is 1. The van der Waals surface area contributed by atoms with E-state index in [9.17, 15) is 29.8 Å². The molecule has 0 bridgehead atoms. The molecule has 0 radical (unpaired) electrons. The van der Waals surface area contributed by atoms with Crippen LogP contribution in [0.4, 0.5) is 11.4 Å².